The topological polar surface area (TPSA) is 88.4 Å². The molecule has 1 atom stereocenters. The molecule has 0 aliphatic rings. The minimum Gasteiger partial charge on any atom is -0.480 e. The normalized spacial score (nSPS) is 12.3. The highest BCUT2D eigenvalue weighted by atomic mass is 32.2. The second kappa shape index (κ2) is 9.19. The summed E-state index contributed by atoms with van der Waals surface area (Å²) in [5, 5.41) is 10.6. The van der Waals surface area contributed by atoms with E-state index in [4.69, 9.17) is 0 Å². The van der Waals surface area contributed by atoms with Crippen molar-refractivity contribution in [2.75, 3.05) is 0 Å². The van der Waals surface area contributed by atoms with Crippen LogP contribution in [0.1, 0.15) is 16.0 Å². The quantitative estimate of drug-likeness (QED) is 0.410. The van der Waals surface area contributed by atoms with Crippen molar-refractivity contribution in [2.24, 2.45) is 7.05 Å². The zero-order valence-electron chi connectivity index (χ0n) is 17.4. The summed E-state index contributed by atoms with van der Waals surface area (Å²) < 4.78 is 42.9. The summed E-state index contributed by atoms with van der Waals surface area (Å²) in [6, 6.07) is 14.8. The third-order valence-electron chi connectivity index (χ3n) is 5.02. The number of aliphatic carboxylic acids is 1. The fourth-order valence-corrected chi connectivity index (χ4v) is 5.80. The van der Waals surface area contributed by atoms with E-state index in [2.05, 4.69) is 16.6 Å². The Balaban J connectivity index is 1.54. The molecule has 4 aromatic rings. The van der Waals surface area contributed by atoms with Crippen LogP contribution < -0.4 is 4.72 Å². The van der Waals surface area contributed by atoms with E-state index in [1.54, 1.807) is 6.07 Å². The first kappa shape index (κ1) is 22.7. The Morgan fingerprint density at radius 1 is 1.12 bits per heavy atom. The molecule has 2 aromatic carbocycles. The zero-order valence-corrected chi connectivity index (χ0v) is 19.1. The zero-order chi connectivity index (χ0) is 23.6. The van der Waals surface area contributed by atoms with Gasteiger partial charge in [0, 0.05) is 36.1 Å². The smallest absolute Gasteiger partial charge is 0.322 e. The molecule has 33 heavy (non-hydrogen) atoms. The maximum absolute atomic E-state index is 13.0. The fourth-order valence-electron chi connectivity index (χ4n) is 3.43. The number of hydrogen-bond acceptors (Lipinski definition) is 4. The number of nitrogens with one attached hydrogen (secondary N) is 1. The Kier molecular flexibility index (Phi) is 6.33. The van der Waals surface area contributed by atoms with Crippen LogP contribution in [0.2, 0.25) is 0 Å². The van der Waals surface area contributed by atoms with Crippen LogP contribution in [-0.4, -0.2) is 30.1 Å². The largest absolute Gasteiger partial charge is 0.480 e. The third-order valence-corrected chi connectivity index (χ3v) is 7.98. The lowest BCUT2D eigenvalue weighted by Gasteiger charge is -2.13. The van der Waals surface area contributed by atoms with Gasteiger partial charge in [-0.1, -0.05) is 30.0 Å². The van der Waals surface area contributed by atoms with Crippen LogP contribution in [0.4, 0.5) is 4.39 Å². The van der Waals surface area contributed by atoms with Gasteiger partial charge in [0.2, 0.25) is 0 Å². The van der Waals surface area contributed by atoms with Gasteiger partial charge >= 0.3 is 5.97 Å². The number of halogens is 1. The molecule has 0 amide bonds. The van der Waals surface area contributed by atoms with Crippen molar-refractivity contribution in [3.63, 3.8) is 0 Å². The van der Waals surface area contributed by atoms with Crippen LogP contribution >= 0.6 is 11.3 Å². The molecule has 6 nitrogen and oxygen atoms in total. The number of carboxylic acids is 1. The number of hydrogen-bond donors (Lipinski definition) is 2. The van der Waals surface area contributed by atoms with Gasteiger partial charge in [-0.15, -0.1) is 11.3 Å². The van der Waals surface area contributed by atoms with Crippen molar-refractivity contribution in [2.45, 2.75) is 16.7 Å². The number of carbonyl (C=O) groups is 1. The summed E-state index contributed by atoms with van der Waals surface area (Å²) in [6.07, 6.45) is 1.81. The molecule has 0 aliphatic carbocycles. The lowest BCUT2D eigenvalue weighted by atomic mass is 10.1. The van der Waals surface area contributed by atoms with Gasteiger partial charge in [0.1, 0.15) is 16.1 Å². The van der Waals surface area contributed by atoms with Crippen LogP contribution in [0.5, 0.6) is 0 Å². The highest BCUT2D eigenvalue weighted by Crippen LogP contribution is 2.24. The summed E-state index contributed by atoms with van der Waals surface area (Å²) in [7, 11) is -2.22. The molecular weight excluding hydrogens is 463 g/mol. The second-order valence-corrected chi connectivity index (χ2v) is 10.4. The van der Waals surface area contributed by atoms with Crippen LogP contribution in [0.3, 0.4) is 0 Å². The summed E-state index contributed by atoms with van der Waals surface area (Å²) in [5.74, 6) is 4.06. The van der Waals surface area contributed by atoms with Crippen molar-refractivity contribution in [3.8, 4) is 11.8 Å². The van der Waals surface area contributed by atoms with E-state index in [0.29, 0.717) is 10.4 Å². The van der Waals surface area contributed by atoms with Gasteiger partial charge in [0.15, 0.2) is 0 Å². The van der Waals surface area contributed by atoms with E-state index in [-0.39, 0.29) is 16.4 Å². The predicted octanol–water partition coefficient (Wildman–Crippen LogP) is 3.75. The van der Waals surface area contributed by atoms with Gasteiger partial charge in [-0.05, 0) is 48.0 Å². The molecule has 0 saturated carbocycles. The van der Waals surface area contributed by atoms with Crippen molar-refractivity contribution in [1.82, 2.24) is 9.29 Å². The van der Waals surface area contributed by atoms with Gasteiger partial charge < -0.3 is 9.67 Å². The van der Waals surface area contributed by atoms with Gasteiger partial charge in [-0.25, -0.2) is 12.8 Å². The minimum absolute atomic E-state index is 0.00147. The Bertz CT molecular complexity index is 1490. The standard InChI is InChI=1S/C24H19FN2O4S2/c1-27-15-17(20-4-2-3-5-22(20)27)14-21(24(28)29)26-33(30,31)23-13-12-19(32-23)11-8-16-6-9-18(25)10-7-16/h2-7,9-10,12-13,15,21,26H,14H2,1H3,(H,28,29)/t21-/m0/s1. The van der Waals surface area contributed by atoms with E-state index in [1.165, 1.54) is 30.3 Å². The number of nitrogens with zero attached hydrogens (tertiary/aromatic N) is 1. The average molecular weight is 483 g/mol. The van der Waals surface area contributed by atoms with E-state index >= 15 is 0 Å². The first-order valence-electron chi connectivity index (χ1n) is 9.88. The number of rotatable bonds is 6. The van der Waals surface area contributed by atoms with E-state index in [0.717, 1.165) is 27.8 Å². The van der Waals surface area contributed by atoms with Crippen molar-refractivity contribution >= 4 is 38.2 Å². The van der Waals surface area contributed by atoms with Gasteiger partial charge in [0.05, 0.1) is 4.88 Å². The van der Waals surface area contributed by atoms with Gasteiger partial charge in [-0.2, -0.15) is 4.72 Å². The summed E-state index contributed by atoms with van der Waals surface area (Å²) in [6.45, 7) is 0. The van der Waals surface area contributed by atoms with E-state index in [1.807, 2.05) is 42.1 Å². The molecule has 4 rings (SSSR count). The Labute approximate surface area is 194 Å². The first-order chi connectivity index (χ1) is 15.7. The maximum Gasteiger partial charge on any atom is 0.322 e. The monoisotopic (exact) mass is 482 g/mol. The number of benzene rings is 2. The van der Waals surface area contributed by atoms with Gasteiger partial charge in [0.25, 0.3) is 10.0 Å². The van der Waals surface area contributed by atoms with Crippen molar-refractivity contribution in [3.05, 3.63) is 88.7 Å². The third kappa shape index (κ3) is 5.14. The number of aromatic nitrogens is 1. The Morgan fingerprint density at radius 2 is 1.85 bits per heavy atom. The Morgan fingerprint density at radius 3 is 2.58 bits per heavy atom. The molecule has 0 fully saturated rings. The van der Waals surface area contributed by atoms with Crippen molar-refractivity contribution < 1.29 is 22.7 Å². The lowest BCUT2D eigenvalue weighted by Crippen LogP contribution is -2.42. The maximum atomic E-state index is 13.0. The molecule has 0 aliphatic heterocycles. The van der Waals surface area contributed by atoms with E-state index < -0.39 is 22.0 Å². The first-order valence-corrected chi connectivity index (χ1v) is 12.2. The molecule has 0 spiro atoms. The van der Waals surface area contributed by atoms with Crippen LogP contribution in [-0.2, 0) is 28.3 Å². The molecule has 9 heteroatoms. The number of thiophene rings is 1. The number of fused-ring (bicyclic) bond motifs is 1. The predicted molar refractivity (Wildman–Crippen MR) is 125 cm³/mol. The SMILES string of the molecule is Cn1cc(C[C@H](NS(=O)(=O)c2ccc(C#Cc3ccc(F)cc3)s2)C(=O)O)c2ccccc21. The van der Waals surface area contributed by atoms with Crippen LogP contribution in [0.25, 0.3) is 10.9 Å². The van der Waals surface area contributed by atoms with Crippen LogP contribution in [0.15, 0.2) is 71.1 Å². The molecule has 0 unspecified atom stereocenters. The number of sulfonamides is 1. The second-order valence-electron chi connectivity index (χ2n) is 7.37. The molecule has 2 N–H and O–H groups in total. The molecule has 168 valence electrons. The van der Waals surface area contributed by atoms with Gasteiger partial charge in [-0.3, -0.25) is 4.79 Å². The summed E-state index contributed by atoms with van der Waals surface area (Å²) in [5.41, 5.74) is 2.26. The molecule has 0 saturated heterocycles. The summed E-state index contributed by atoms with van der Waals surface area (Å²) >= 11 is 0.934. The molecule has 0 bridgehead atoms. The molecule has 2 heterocycles. The molecule has 2 aromatic heterocycles. The average Bonchev–Trinajstić information content (AvgIpc) is 3.39. The minimum atomic E-state index is -4.08. The highest BCUT2D eigenvalue weighted by molar-refractivity contribution is 7.91. The number of aryl methyl sites for hydroxylation is 1. The lowest BCUT2D eigenvalue weighted by molar-refractivity contribution is -0.138. The summed E-state index contributed by atoms with van der Waals surface area (Å²) in [4.78, 5) is 12.4. The Hall–Kier alpha value is -3.45. The fraction of sp³-hybridized carbons (Fsp3) is 0.125. The number of para-hydroxylation sites is 1. The van der Waals surface area contributed by atoms with E-state index in [9.17, 15) is 22.7 Å². The number of carboxylic acid groups (broad SMARTS) is 1. The van der Waals surface area contributed by atoms with Crippen molar-refractivity contribution in [1.29, 1.82) is 0 Å². The molecular formula is C24H19FN2O4S2. The van der Waals surface area contributed by atoms with Crippen LogP contribution in [0, 0.1) is 17.7 Å². The highest BCUT2D eigenvalue weighted by Gasteiger charge is 2.27. The molecule has 0 radical (unpaired) electrons.